The van der Waals surface area contributed by atoms with E-state index < -0.39 is 0 Å². The molecule has 3 aromatic heterocycles. The number of carbonyl (C=O) groups is 1. The molecule has 0 bridgehead atoms. The van der Waals surface area contributed by atoms with E-state index in [9.17, 15) is 4.79 Å². The number of fused-ring (bicyclic) bond motifs is 1. The van der Waals surface area contributed by atoms with Gasteiger partial charge in [0.15, 0.2) is 0 Å². The van der Waals surface area contributed by atoms with Crippen molar-refractivity contribution in [2.75, 3.05) is 7.05 Å². The first-order valence-corrected chi connectivity index (χ1v) is 7.77. The lowest BCUT2D eigenvalue weighted by molar-refractivity contribution is 0.0772. The number of aromatic nitrogens is 4. The quantitative estimate of drug-likeness (QED) is 0.574. The molecule has 0 saturated carbocycles. The van der Waals surface area contributed by atoms with Crippen LogP contribution in [0.15, 0.2) is 65.5 Å². The van der Waals surface area contributed by atoms with Crippen molar-refractivity contribution in [3.8, 4) is 11.5 Å². The summed E-state index contributed by atoms with van der Waals surface area (Å²) in [5.74, 6) is 0.699. The van der Waals surface area contributed by atoms with Crippen molar-refractivity contribution >= 4 is 11.6 Å². The van der Waals surface area contributed by atoms with Crippen LogP contribution in [-0.2, 0) is 6.54 Å². The van der Waals surface area contributed by atoms with Crippen LogP contribution < -0.4 is 0 Å². The third-order valence-corrected chi connectivity index (χ3v) is 3.84. The zero-order valence-electron chi connectivity index (χ0n) is 13.5. The normalized spacial score (nSPS) is 10.9. The highest BCUT2D eigenvalue weighted by molar-refractivity contribution is 5.94. The van der Waals surface area contributed by atoms with Crippen LogP contribution in [0.1, 0.15) is 16.2 Å². The van der Waals surface area contributed by atoms with Gasteiger partial charge >= 0.3 is 0 Å². The zero-order chi connectivity index (χ0) is 17.2. The minimum absolute atomic E-state index is 0.130. The number of nitrogens with zero attached hydrogens (tertiary/aromatic N) is 5. The summed E-state index contributed by atoms with van der Waals surface area (Å²) >= 11 is 0. The summed E-state index contributed by atoms with van der Waals surface area (Å²) in [6.07, 6.45) is 5.25. The highest BCUT2D eigenvalue weighted by atomic mass is 16.4. The Bertz CT molecular complexity index is 1020. The standard InChI is InChI=1S/C18H15N5O2/c1-22(18(24)14-7-8-15-19-9-10-23(15)11-14)12-16-20-21-17(25-16)13-5-3-2-4-6-13/h2-11H,12H2,1H3. The van der Waals surface area contributed by atoms with Crippen molar-refractivity contribution in [2.24, 2.45) is 0 Å². The van der Waals surface area contributed by atoms with Crippen LogP contribution in [0.3, 0.4) is 0 Å². The molecular formula is C18H15N5O2. The van der Waals surface area contributed by atoms with Gasteiger partial charge < -0.3 is 13.7 Å². The van der Waals surface area contributed by atoms with Crippen molar-refractivity contribution in [3.05, 3.63) is 72.5 Å². The Labute approximate surface area is 143 Å². The van der Waals surface area contributed by atoms with E-state index >= 15 is 0 Å². The molecule has 0 atom stereocenters. The van der Waals surface area contributed by atoms with Gasteiger partial charge in [0.1, 0.15) is 5.65 Å². The molecule has 4 aromatic rings. The van der Waals surface area contributed by atoms with Gasteiger partial charge in [-0.25, -0.2) is 4.98 Å². The van der Waals surface area contributed by atoms with Crippen LogP contribution in [0.25, 0.3) is 17.1 Å². The Balaban J connectivity index is 1.50. The first-order valence-electron chi connectivity index (χ1n) is 7.77. The smallest absolute Gasteiger partial charge is 0.255 e. The molecule has 0 aliphatic carbocycles. The van der Waals surface area contributed by atoms with Gasteiger partial charge in [0, 0.05) is 31.2 Å². The molecule has 0 unspecified atom stereocenters. The predicted octanol–water partition coefficient (Wildman–Crippen LogP) is 2.66. The summed E-state index contributed by atoms with van der Waals surface area (Å²) in [5.41, 5.74) is 2.21. The molecule has 0 fully saturated rings. The van der Waals surface area contributed by atoms with Gasteiger partial charge in [0.05, 0.1) is 12.1 Å². The monoisotopic (exact) mass is 333 g/mol. The van der Waals surface area contributed by atoms with Gasteiger partial charge in [-0.2, -0.15) is 0 Å². The van der Waals surface area contributed by atoms with E-state index in [2.05, 4.69) is 15.2 Å². The fraction of sp³-hybridized carbons (Fsp3) is 0.111. The second kappa shape index (κ2) is 6.20. The molecule has 0 aliphatic rings. The SMILES string of the molecule is CN(Cc1nnc(-c2ccccc2)o1)C(=O)c1ccc2nccn2c1. The summed E-state index contributed by atoms with van der Waals surface area (Å²) in [4.78, 5) is 18.3. The van der Waals surface area contributed by atoms with E-state index in [1.807, 2.05) is 30.3 Å². The maximum absolute atomic E-state index is 12.6. The van der Waals surface area contributed by atoms with Gasteiger partial charge in [-0.1, -0.05) is 18.2 Å². The highest BCUT2D eigenvalue weighted by Crippen LogP contribution is 2.18. The lowest BCUT2D eigenvalue weighted by Gasteiger charge is -2.14. The summed E-state index contributed by atoms with van der Waals surface area (Å²) < 4.78 is 7.46. The van der Waals surface area contributed by atoms with E-state index in [-0.39, 0.29) is 12.5 Å². The highest BCUT2D eigenvalue weighted by Gasteiger charge is 2.16. The average molecular weight is 333 g/mol. The fourth-order valence-electron chi connectivity index (χ4n) is 2.56. The summed E-state index contributed by atoms with van der Waals surface area (Å²) in [6, 6.07) is 13.1. The van der Waals surface area contributed by atoms with Crippen LogP contribution in [0.4, 0.5) is 0 Å². The minimum Gasteiger partial charge on any atom is -0.419 e. The van der Waals surface area contributed by atoms with E-state index in [1.165, 1.54) is 0 Å². The third-order valence-electron chi connectivity index (χ3n) is 3.84. The number of hydrogen-bond acceptors (Lipinski definition) is 5. The topological polar surface area (TPSA) is 76.5 Å². The van der Waals surface area contributed by atoms with Gasteiger partial charge in [-0.3, -0.25) is 4.79 Å². The fourth-order valence-corrected chi connectivity index (χ4v) is 2.56. The van der Waals surface area contributed by atoms with Crippen LogP contribution in [-0.4, -0.2) is 37.4 Å². The van der Waals surface area contributed by atoms with E-state index in [0.29, 0.717) is 17.3 Å². The largest absolute Gasteiger partial charge is 0.419 e. The maximum Gasteiger partial charge on any atom is 0.255 e. The molecule has 0 aliphatic heterocycles. The number of pyridine rings is 1. The lowest BCUT2D eigenvalue weighted by atomic mass is 10.2. The number of rotatable bonds is 4. The molecule has 0 spiro atoms. The Hall–Kier alpha value is -3.48. The van der Waals surface area contributed by atoms with Crippen molar-refractivity contribution in [1.29, 1.82) is 0 Å². The van der Waals surface area contributed by atoms with Crippen molar-refractivity contribution in [1.82, 2.24) is 24.5 Å². The molecule has 4 rings (SSSR count). The molecule has 0 N–H and O–H groups in total. The first kappa shape index (κ1) is 15.1. The van der Waals surface area contributed by atoms with Gasteiger partial charge in [0.2, 0.25) is 11.8 Å². The Morgan fingerprint density at radius 3 is 2.84 bits per heavy atom. The molecule has 0 saturated heterocycles. The second-order valence-corrected chi connectivity index (χ2v) is 5.64. The molecule has 1 amide bonds. The van der Waals surface area contributed by atoms with Crippen molar-refractivity contribution in [2.45, 2.75) is 6.54 Å². The van der Waals surface area contributed by atoms with E-state index in [0.717, 1.165) is 11.2 Å². The van der Waals surface area contributed by atoms with Crippen LogP contribution in [0.2, 0.25) is 0 Å². The Morgan fingerprint density at radius 2 is 2.00 bits per heavy atom. The molecule has 7 nitrogen and oxygen atoms in total. The molecule has 0 radical (unpaired) electrons. The van der Waals surface area contributed by atoms with Gasteiger partial charge in [-0.15, -0.1) is 10.2 Å². The maximum atomic E-state index is 12.6. The van der Waals surface area contributed by atoms with Crippen molar-refractivity contribution < 1.29 is 9.21 Å². The van der Waals surface area contributed by atoms with Crippen LogP contribution >= 0.6 is 0 Å². The van der Waals surface area contributed by atoms with Gasteiger partial charge in [-0.05, 0) is 24.3 Å². The lowest BCUT2D eigenvalue weighted by Crippen LogP contribution is -2.26. The van der Waals surface area contributed by atoms with E-state index in [1.54, 1.807) is 47.1 Å². The molecule has 1 aromatic carbocycles. The zero-order valence-corrected chi connectivity index (χ0v) is 13.5. The number of imidazole rings is 1. The molecule has 3 heterocycles. The minimum atomic E-state index is -0.130. The Kier molecular flexibility index (Phi) is 3.74. The number of amides is 1. The van der Waals surface area contributed by atoms with Gasteiger partial charge in [0.25, 0.3) is 5.91 Å². The van der Waals surface area contributed by atoms with E-state index in [4.69, 9.17) is 4.42 Å². The number of benzene rings is 1. The molecule has 25 heavy (non-hydrogen) atoms. The third kappa shape index (κ3) is 2.99. The second-order valence-electron chi connectivity index (χ2n) is 5.64. The Morgan fingerprint density at radius 1 is 1.16 bits per heavy atom. The summed E-state index contributed by atoms with van der Waals surface area (Å²) in [5, 5.41) is 8.06. The van der Waals surface area contributed by atoms with Crippen LogP contribution in [0, 0.1) is 0 Å². The molecule has 124 valence electrons. The van der Waals surface area contributed by atoms with Crippen LogP contribution in [0.5, 0.6) is 0 Å². The summed E-state index contributed by atoms with van der Waals surface area (Å²) in [7, 11) is 1.70. The first-order chi connectivity index (χ1) is 12.2. The average Bonchev–Trinajstić information content (AvgIpc) is 3.30. The summed E-state index contributed by atoms with van der Waals surface area (Å²) in [6.45, 7) is 0.237. The predicted molar refractivity (Wildman–Crippen MR) is 90.7 cm³/mol. The number of hydrogen-bond donors (Lipinski definition) is 0. The molecular weight excluding hydrogens is 318 g/mol. The molecule has 7 heteroatoms. The number of carbonyl (C=O) groups excluding carboxylic acids is 1. The van der Waals surface area contributed by atoms with Crippen molar-refractivity contribution in [3.63, 3.8) is 0 Å².